The van der Waals surface area contributed by atoms with Crippen LogP contribution in [0.2, 0.25) is 0 Å². The van der Waals surface area contributed by atoms with E-state index >= 15 is 0 Å². The molecule has 0 heterocycles. The highest BCUT2D eigenvalue weighted by Gasteiger charge is 2.31. The lowest BCUT2D eigenvalue weighted by molar-refractivity contribution is -0.137. The summed E-state index contributed by atoms with van der Waals surface area (Å²) in [6, 6.07) is 2.28. The second-order valence-corrected chi connectivity index (χ2v) is 3.82. The number of hydrogen-bond donors (Lipinski definition) is 2. The summed E-state index contributed by atoms with van der Waals surface area (Å²) in [7, 11) is 0. The van der Waals surface area contributed by atoms with Crippen LogP contribution < -0.4 is 5.32 Å². The number of rotatable bonds is 4. The van der Waals surface area contributed by atoms with E-state index in [1.165, 1.54) is 6.92 Å². The van der Waals surface area contributed by atoms with Crippen molar-refractivity contribution in [3.05, 3.63) is 23.8 Å². The molecule has 0 aliphatic heterocycles. The zero-order valence-corrected chi connectivity index (χ0v) is 10.4. The molecule has 7 heteroatoms. The fourth-order valence-electron chi connectivity index (χ4n) is 1.37. The van der Waals surface area contributed by atoms with Gasteiger partial charge in [-0.15, -0.1) is 0 Å². The number of amides is 1. The number of halogens is 3. The van der Waals surface area contributed by atoms with E-state index in [0.717, 1.165) is 12.1 Å². The van der Waals surface area contributed by atoms with Crippen molar-refractivity contribution in [1.29, 1.82) is 0 Å². The molecule has 106 valence electrons. The Labute approximate surface area is 108 Å². The molecule has 0 saturated carbocycles. The van der Waals surface area contributed by atoms with Crippen LogP contribution in [0.1, 0.15) is 19.4 Å². The summed E-state index contributed by atoms with van der Waals surface area (Å²) in [5, 5.41) is 11.6. The number of anilines is 1. The molecule has 0 fully saturated rings. The predicted octanol–water partition coefficient (Wildman–Crippen LogP) is 2.77. The van der Waals surface area contributed by atoms with Crippen molar-refractivity contribution in [3.8, 4) is 5.75 Å². The van der Waals surface area contributed by atoms with Crippen molar-refractivity contribution in [1.82, 2.24) is 0 Å². The summed E-state index contributed by atoms with van der Waals surface area (Å²) >= 11 is 0. The third kappa shape index (κ3) is 4.13. The van der Waals surface area contributed by atoms with E-state index in [1.54, 1.807) is 6.92 Å². The zero-order chi connectivity index (χ0) is 14.6. The van der Waals surface area contributed by atoms with Gasteiger partial charge in [0.2, 0.25) is 0 Å². The van der Waals surface area contributed by atoms with Crippen LogP contribution in [0, 0.1) is 0 Å². The standard InChI is InChI=1S/C12H14F3NO3/c1-3-19-7(2)11(18)16-9-6-8(12(13,14)15)4-5-10(9)17/h4-7,17H,3H2,1-2H3,(H,16,18)/t7-/m1/s1. The first-order chi connectivity index (χ1) is 8.75. The monoisotopic (exact) mass is 277 g/mol. The molecule has 0 unspecified atom stereocenters. The van der Waals surface area contributed by atoms with E-state index in [1.807, 2.05) is 0 Å². The lowest BCUT2D eigenvalue weighted by atomic mass is 10.1. The van der Waals surface area contributed by atoms with Crippen LogP contribution in [-0.4, -0.2) is 23.7 Å². The van der Waals surface area contributed by atoms with Gasteiger partial charge in [-0.05, 0) is 32.0 Å². The number of ether oxygens (including phenoxy) is 1. The van der Waals surface area contributed by atoms with E-state index in [0.29, 0.717) is 12.7 Å². The Morgan fingerprint density at radius 3 is 2.63 bits per heavy atom. The SMILES string of the molecule is CCO[C@H](C)C(=O)Nc1cc(C(F)(F)F)ccc1O. The third-order valence-electron chi connectivity index (χ3n) is 2.37. The first kappa shape index (κ1) is 15.3. The maximum Gasteiger partial charge on any atom is 0.416 e. The first-order valence-electron chi connectivity index (χ1n) is 5.58. The number of carbonyl (C=O) groups is 1. The summed E-state index contributed by atoms with van der Waals surface area (Å²) < 4.78 is 42.5. The second-order valence-electron chi connectivity index (χ2n) is 3.82. The van der Waals surface area contributed by atoms with Crippen LogP contribution in [0.25, 0.3) is 0 Å². The zero-order valence-electron chi connectivity index (χ0n) is 10.4. The first-order valence-corrected chi connectivity index (χ1v) is 5.58. The maximum absolute atomic E-state index is 12.5. The van der Waals surface area contributed by atoms with Crippen molar-refractivity contribution >= 4 is 11.6 Å². The Bertz CT molecular complexity index is 460. The fourth-order valence-corrected chi connectivity index (χ4v) is 1.37. The van der Waals surface area contributed by atoms with Gasteiger partial charge in [0, 0.05) is 6.61 Å². The third-order valence-corrected chi connectivity index (χ3v) is 2.37. The van der Waals surface area contributed by atoms with E-state index in [9.17, 15) is 23.1 Å². The number of benzene rings is 1. The number of phenolic OH excluding ortho intramolecular Hbond substituents is 1. The van der Waals surface area contributed by atoms with Crippen LogP contribution in [0.15, 0.2) is 18.2 Å². The van der Waals surface area contributed by atoms with Gasteiger partial charge in [0.15, 0.2) is 0 Å². The number of hydrogen-bond acceptors (Lipinski definition) is 3. The lowest BCUT2D eigenvalue weighted by Gasteiger charge is -2.14. The number of aromatic hydroxyl groups is 1. The van der Waals surface area contributed by atoms with Gasteiger partial charge in [0.25, 0.3) is 5.91 Å². The lowest BCUT2D eigenvalue weighted by Crippen LogP contribution is -2.27. The molecule has 2 N–H and O–H groups in total. The van der Waals surface area contributed by atoms with Gasteiger partial charge >= 0.3 is 6.18 Å². The average Bonchev–Trinajstić information content (AvgIpc) is 2.30. The molecule has 0 aliphatic rings. The molecule has 1 atom stereocenters. The minimum atomic E-state index is -4.54. The van der Waals surface area contributed by atoms with Crippen molar-refractivity contribution < 1.29 is 27.8 Å². The molecule has 1 rings (SSSR count). The summed E-state index contributed by atoms with van der Waals surface area (Å²) in [6.07, 6.45) is -5.36. The summed E-state index contributed by atoms with van der Waals surface area (Å²) in [6.45, 7) is 3.44. The summed E-state index contributed by atoms with van der Waals surface area (Å²) in [4.78, 5) is 11.6. The van der Waals surface area contributed by atoms with Crippen molar-refractivity contribution in [2.24, 2.45) is 0 Å². The Balaban J connectivity index is 2.92. The van der Waals surface area contributed by atoms with Gasteiger partial charge in [-0.1, -0.05) is 0 Å². The van der Waals surface area contributed by atoms with Crippen LogP contribution >= 0.6 is 0 Å². The van der Waals surface area contributed by atoms with E-state index < -0.39 is 29.5 Å². The van der Waals surface area contributed by atoms with Crippen LogP contribution in [-0.2, 0) is 15.7 Å². The normalized spacial score (nSPS) is 13.1. The predicted molar refractivity (Wildman–Crippen MR) is 62.8 cm³/mol. The van der Waals surface area contributed by atoms with Gasteiger partial charge in [0.1, 0.15) is 11.9 Å². The number of carbonyl (C=O) groups excluding carboxylic acids is 1. The highest BCUT2D eigenvalue weighted by molar-refractivity contribution is 5.95. The molecule has 0 aliphatic carbocycles. The van der Waals surface area contributed by atoms with Crippen molar-refractivity contribution in [2.45, 2.75) is 26.1 Å². The van der Waals surface area contributed by atoms with Crippen LogP contribution in [0.5, 0.6) is 5.75 Å². The Kier molecular flexibility index (Phi) is 4.77. The quantitative estimate of drug-likeness (QED) is 0.832. The minimum absolute atomic E-state index is 0.295. The molecule has 0 spiro atoms. The van der Waals surface area contributed by atoms with E-state index in [2.05, 4.69) is 5.32 Å². The van der Waals surface area contributed by atoms with Gasteiger partial charge in [-0.2, -0.15) is 13.2 Å². The Morgan fingerprint density at radius 1 is 1.47 bits per heavy atom. The van der Waals surface area contributed by atoms with Crippen LogP contribution in [0.4, 0.5) is 18.9 Å². The topological polar surface area (TPSA) is 58.6 Å². The smallest absolute Gasteiger partial charge is 0.416 e. The molecule has 0 radical (unpaired) electrons. The van der Waals surface area contributed by atoms with Gasteiger partial charge in [0.05, 0.1) is 11.3 Å². The van der Waals surface area contributed by atoms with Gasteiger partial charge < -0.3 is 15.2 Å². The minimum Gasteiger partial charge on any atom is -0.506 e. The molecule has 0 aromatic heterocycles. The molecule has 1 aromatic carbocycles. The van der Waals surface area contributed by atoms with Gasteiger partial charge in [-0.25, -0.2) is 0 Å². The summed E-state index contributed by atoms with van der Waals surface area (Å²) in [5.74, 6) is -1.07. The highest BCUT2D eigenvalue weighted by atomic mass is 19.4. The number of nitrogens with one attached hydrogen (secondary N) is 1. The van der Waals surface area contributed by atoms with Gasteiger partial charge in [-0.3, -0.25) is 4.79 Å². The Hall–Kier alpha value is -1.76. The molecule has 4 nitrogen and oxygen atoms in total. The van der Waals surface area contributed by atoms with E-state index in [-0.39, 0.29) is 5.69 Å². The average molecular weight is 277 g/mol. The molecule has 0 bridgehead atoms. The van der Waals surface area contributed by atoms with Crippen LogP contribution in [0.3, 0.4) is 0 Å². The molecular formula is C12H14F3NO3. The second kappa shape index (κ2) is 5.92. The molecule has 1 amide bonds. The number of phenols is 1. The van der Waals surface area contributed by atoms with Crippen molar-refractivity contribution in [2.75, 3.05) is 11.9 Å². The number of alkyl halides is 3. The largest absolute Gasteiger partial charge is 0.506 e. The summed E-state index contributed by atoms with van der Waals surface area (Å²) in [5.41, 5.74) is -1.25. The molecular weight excluding hydrogens is 263 g/mol. The van der Waals surface area contributed by atoms with Crippen molar-refractivity contribution in [3.63, 3.8) is 0 Å². The fraction of sp³-hybridized carbons (Fsp3) is 0.417. The molecule has 1 aromatic rings. The maximum atomic E-state index is 12.5. The highest BCUT2D eigenvalue weighted by Crippen LogP contribution is 2.34. The molecule has 0 saturated heterocycles. The van der Waals surface area contributed by atoms with E-state index in [4.69, 9.17) is 4.74 Å². The Morgan fingerprint density at radius 2 is 2.11 bits per heavy atom. The molecule has 19 heavy (non-hydrogen) atoms.